The molecule has 1 radical (unpaired) electrons. The van der Waals surface area contributed by atoms with Gasteiger partial charge in [0.05, 0.1) is 5.52 Å². The molecule has 0 bridgehead atoms. The van der Waals surface area contributed by atoms with E-state index in [4.69, 9.17) is 16.6 Å². The number of nitrogens with zero attached hydrogens (tertiary/aromatic N) is 1. The van der Waals surface area contributed by atoms with E-state index >= 15 is 0 Å². The average Bonchev–Trinajstić information content (AvgIpc) is 3.44. The number of hydrogen-bond acceptors (Lipinski definition) is 3. The number of halogens is 1. The lowest BCUT2D eigenvalue weighted by Crippen LogP contribution is -2.23. The molecule has 1 aliphatic rings. The van der Waals surface area contributed by atoms with Crippen molar-refractivity contribution < 1.29 is 4.79 Å². The van der Waals surface area contributed by atoms with Crippen molar-refractivity contribution in [2.75, 3.05) is 18.4 Å². The predicted octanol–water partition coefficient (Wildman–Crippen LogP) is 8.79. The van der Waals surface area contributed by atoms with Gasteiger partial charge in [-0.25, -0.2) is 0 Å². The van der Waals surface area contributed by atoms with Crippen LogP contribution in [0.4, 0.5) is 5.69 Å². The molecule has 0 aliphatic heterocycles. The van der Waals surface area contributed by atoms with Gasteiger partial charge in [0.1, 0.15) is 0 Å². The third-order valence-electron chi connectivity index (χ3n) is 8.51. The van der Waals surface area contributed by atoms with Crippen molar-refractivity contribution in [1.29, 1.82) is 0 Å². The Morgan fingerprint density at radius 1 is 1.00 bits per heavy atom. The zero-order valence-corrected chi connectivity index (χ0v) is 25.2. The standard InChI is InChI=1S/C35H44ClN4O/c1-25(41)37-21-18-26(12-13-27-14-16-32-28(23-27)19-22-38-32)9-5-3-2-4-8-20-39-35-30-10-6-7-11-33(30)40-34-17-15-29(36)24-31(34)35/h13-17,19,22-24,26,38H,2-12,18,20-21H2,1H3,(H,37,41)(H,39,40). The molecule has 2 aromatic carbocycles. The van der Waals surface area contributed by atoms with Crippen LogP contribution in [0.1, 0.15) is 88.0 Å². The molecule has 0 fully saturated rings. The van der Waals surface area contributed by atoms with Gasteiger partial charge in [-0.1, -0.05) is 49.8 Å². The summed E-state index contributed by atoms with van der Waals surface area (Å²) in [7, 11) is 0. The topological polar surface area (TPSA) is 69.8 Å². The third kappa shape index (κ3) is 8.25. The summed E-state index contributed by atoms with van der Waals surface area (Å²) >= 11 is 6.36. The molecule has 1 aliphatic carbocycles. The van der Waals surface area contributed by atoms with Crippen LogP contribution in [0.5, 0.6) is 0 Å². The molecule has 0 saturated carbocycles. The third-order valence-corrected chi connectivity index (χ3v) is 8.74. The molecule has 217 valence electrons. The minimum absolute atomic E-state index is 0.0580. The van der Waals surface area contributed by atoms with Crippen LogP contribution >= 0.6 is 11.6 Å². The van der Waals surface area contributed by atoms with Crippen molar-refractivity contribution >= 4 is 45.0 Å². The number of carbonyl (C=O) groups excluding carboxylic acids is 1. The highest BCUT2D eigenvalue weighted by molar-refractivity contribution is 6.31. The van der Waals surface area contributed by atoms with E-state index in [1.54, 1.807) is 6.92 Å². The molecule has 5 nitrogen and oxygen atoms in total. The Morgan fingerprint density at radius 2 is 1.85 bits per heavy atom. The molecular weight excluding hydrogens is 528 g/mol. The summed E-state index contributed by atoms with van der Waals surface area (Å²) in [5.41, 5.74) is 7.44. The lowest BCUT2D eigenvalue weighted by atomic mass is 9.91. The minimum Gasteiger partial charge on any atom is -0.384 e. The molecule has 4 aromatic rings. The molecule has 0 spiro atoms. The number of aromatic amines is 1. The fourth-order valence-electron chi connectivity index (χ4n) is 6.23. The van der Waals surface area contributed by atoms with Crippen LogP contribution in [0.3, 0.4) is 0 Å². The monoisotopic (exact) mass is 571 g/mol. The van der Waals surface area contributed by atoms with Gasteiger partial charge in [0, 0.05) is 53.5 Å². The minimum atomic E-state index is 0.0580. The fourth-order valence-corrected chi connectivity index (χ4v) is 6.41. The van der Waals surface area contributed by atoms with Crippen molar-refractivity contribution in [3.63, 3.8) is 0 Å². The van der Waals surface area contributed by atoms with E-state index in [0.29, 0.717) is 5.92 Å². The SMILES string of the molecule is CC(=O)NCCC(C[CH]c1ccc2[nH]ccc2c1)CCCCCCCNc1c2c(nc3ccc(Cl)cc13)CCCC2. The number of carbonyl (C=O) groups is 1. The molecule has 0 saturated heterocycles. The summed E-state index contributed by atoms with van der Waals surface area (Å²) in [4.78, 5) is 19.6. The highest BCUT2D eigenvalue weighted by Gasteiger charge is 2.18. The quantitative estimate of drug-likeness (QED) is 0.125. The van der Waals surface area contributed by atoms with Gasteiger partial charge in [0.15, 0.2) is 0 Å². The summed E-state index contributed by atoms with van der Waals surface area (Å²) in [6.45, 7) is 3.34. The van der Waals surface area contributed by atoms with E-state index in [9.17, 15) is 4.79 Å². The van der Waals surface area contributed by atoms with Crippen molar-refractivity contribution in [1.82, 2.24) is 15.3 Å². The Bertz CT molecular complexity index is 1450. The summed E-state index contributed by atoms with van der Waals surface area (Å²) in [6.07, 6.45) is 18.5. The van der Waals surface area contributed by atoms with E-state index in [1.807, 2.05) is 12.3 Å². The van der Waals surface area contributed by atoms with Gasteiger partial charge in [-0.15, -0.1) is 0 Å². The average molecular weight is 572 g/mol. The molecular formula is C35H44ClN4O. The number of rotatable bonds is 15. The number of nitrogens with one attached hydrogen (secondary N) is 3. The van der Waals surface area contributed by atoms with Crippen LogP contribution in [0.25, 0.3) is 21.8 Å². The Labute approximate surface area is 249 Å². The second kappa shape index (κ2) is 14.7. The maximum atomic E-state index is 11.4. The van der Waals surface area contributed by atoms with Gasteiger partial charge in [0.25, 0.3) is 0 Å². The van der Waals surface area contributed by atoms with Crippen LogP contribution in [0.15, 0.2) is 48.7 Å². The molecule has 5 rings (SSSR count). The largest absolute Gasteiger partial charge is 0.384 e. The van der Waals surface area contributed by atoms with E-state index < -0.39 is 0 Å². The second-order valence-electron chi connectivity index (χ2n) is 11.7. The number of H-pyrrole nitrogens is 1. The number of anilines is 1. The predicted molar refractivity (Wildman–Crippen MR) is 173 cm³/mol. The van der Waals surface area contributed by atoms with Crippen LogP contribution in [-0.2, 0) is 17.6 Å². The normalized spacial score (nSPS) is 13.8. The summed E-state index contributed by atoms with van der Waals surface area (Å²) < 4.78 is 0. The lowest BCUT2D eigenvalue weighted by Gasteiger charge is -2.22. The zero-order valence-electron chi connectivity index (χ0n) is 24.4. The van der Waals surface area contributed by atoms with Gasteiger partial charge < -0.3 is 15.6 Å². The summed E-state index contributed by atoms with van der Waals surface area (Å²) in [5.74, 6) is 0.644. The number of fused-ring (bicyclic) bond motifs is 3. The molecule has 41 heavy (non-hydrogen) atoms. The fraction of sp³-hybridized carbons (Fsp3) is 0.457. The number of aryl methyl sites for hydroxylation is 1. The van der Waals surface area contributed by atoms with Gasteiger partial charge >= 0.3 is 0 Å². The van der Waals surface area contributed by atoms with E-state index in [1.165, 1.54) is 84.8 Å². The smallest absolute Gasteiger partial charge is 0.216 e. The second-order valence-corrected chi connectivity index (χ2v) is 12.1. The van der Waals surface area contributed by atoms with Crippen molar-refractivity contribution in [3.8, 4) is 0 Å². The number of unbranched alkanes of at least 4 members (excludes halogenated alkanes) is 4. The number of hydrogen-bond donors (Lipinski definition) is 3. The van der Waals surface area contributed by atoms with E-state index in [2.05, 4.69) is 58.4 Å². The number of aromatic nitrogens is 2. The molecule has 2 heterocycles. The number of benzene rings is 2. The van der Waals surface area contributed by atoms with E-state index in [0.717, 1.165) is 54.7 Å². The van der Waals surface area contributed by atoms with Gasteiger partial charge in [0.2, 0.25) is 5.91 Å². The summed E-state index contributed by atoms with van der Waals surface area (Å²) in [6, 6.07) is 14.8. The Morgan fingerprint density at radius 3 is 2.76 bits per heavy atom. The Hall–Kier alpha value is -3.05. The Kier molecular flexibility index (Phi) is 10.6. The number of pyridine rings is 1. The molecule has 1 amide bonds. The van der Waals surface area contributed by atoms with Crippen LogP contribution in [0.2, 0.25) is 5.02 Å². The van der Waals surface area contributed by atoms with Crippen LogP contribution in [-0.4, -0.2) is 29.0 Å². The molecule has 6 heteroatoms. The molecule has 1 atom stereocenters. The molecule has 2 aromatic heterocycles. The van der Waals surface area contributed by atoms with Crippen molar-refractivity contribution in [3.05, 3.63) is 76.9 Å². The first-order valence-electron chi connectivity index (χ1n) is 15.6. The first-order valence-corrected chi connectivity index (χ1v) is 15.9. The van der Waals surface area contributed by atoms with Gasteiger partial charge in [-0.2, -0.15) is 0 Å². The first-order chi connectivity index (χ1) is 20.1. The Balaban J connectivity index is 1.05. The van der Waals surface area contributed by atoms with Crippen molar-refractivity contribution in [2.45, 2.75) is 84.0 Å². The highest BCUT2D eigenvalue weighted by Crippen LogP contribution is 2.34. The van der Waals surface area contributed by atoms with Crippen molar-refractivity contribution in [2.24, 2.45) is 5.92 Å². The molecule has 3 N–H and O–H groups in total. The van der Waals surface area contributed by atoms with Gasteiger partial charge in [-0.05, 0) is 110 Å². The van der Waals surface area contributed by atoms with Gasteiger partial charge in [-0.3, -0.25) is 9.78 Å². The van der Waals surface area contributed by atoms with E-state index in [-0.39, 0.29) is 5.91 Å². The summed E-state index contributed by atoms with van der Waals surface area (Å²) in [5, 5.41) is 9.96. The maximum Gasteiger partial charge on any atom is 0.216 e. The van der Waals surface area contributed by atoms with Crippen LogP contribution < -0.4 is 10.6 Å². The maximum absolute atomic E-state index is 11.4. The first kappa shape index (κ1) is 29.4. The lowest BCUT2D eigenvalue weighted by molar-refractivity contribution is -0.119. The molecule has 1 unspecified atom stereocenters. The zero-order chi connectivity index (χ0) is 28.4. The highest BCUT2D eigenvalue weighted by atomic mass is 35.5. The number of amides is 1. The van der Waals surface area contributed by atoms with Crippen LogP contribution in [0, 0.1) is 12.3 Å².